The zero-order valence-electron chi connectivity index (χ0n) is 26.2. The molecule has 1 aromatic heterocycles. The summed E-state index contributed by atoms with van der Waals surface area (Å²) in [7, 11) is 0. The summed E-state index contributed by atoms with van der Waals surface area (Å²) in [6.45, 7) is 5.40. The summed E-state index contributed by atoms with van der Waals surface area (Å²) >= 11 is 0. The molecule has 2 atom stereocenters. The fraction of sp³-hybridized carbons (Fsp3) is 0.500. The molecule has 4 rings (SSSR count). The average molecular weight is 674 g/mol. The number of β-amino-alcohol motifs (C(OH)–C–C–N with tert-alkyl or cyclic N) is 1. The number of rotatable bonds is 12. The number of aryl methyl sites for hydroxylation is 1. The van der Waals surface area contributed by atoms with Gasteiger partial charge in [-0.05, 0) is 67.3 Å². The molecule has 15 heteroatoms. The number of nitrogens with zero attached hydrogens (tertiary/aromatic N) is 4. The van der Waals surface area contributed by atoms with Crippen molar-refractivity contribution in [2.75, 3.05) is 39.3 Å². The molecule has 0 bridgehead atoms. The lowest BCUT2D eigenvalue weighted by molar-refractivity contribution is -0.192. The molecule has 0 radical (unpaired) electrons. The molecular formula is C32H38F7N5O3. The molecule has 258 valence electrons. The topological polar surface area (TPSA) is 82.9 Å². The van der Waals surface area contributed by atoms with Crippen LogP contribution >= 0.6 is 0 Å². The summed E-state index contributed by atoms with van der Waals surface area (Å²) < 4.78 is 102. The number of hydrogen-bond donors (Lipinski definition) is 2. The number of ether oxygens (including phenoxy) is 1. The van der Waals surface area contributed by atoms with Crippen LogP contribution in [-0.2, 0) is 23.9 Å². The van der Waals surface area contributed by atoms with Crippen LogP contribution in [0.25, 0.3) is 5.69 Å². The molecule has 8 nitrogen and oxygen atoms in total. The van der Waals surface area contributed by atoms with E-state index in [4.69, 9.17) is 4.74 Å². The molecule has 1 aliphatic heterocycles. The van der Waals surface area contributed by atoms with Gasteiger partial charge < -0.3 is 15.2 Å². The first kappa shape index (κ1) is 36.2. The Labute approximate surface area is 268 Å². The second-order valence-corrected chi connectivity index (χ2v) is 12.1. The highest BCUT2D eigenvalue weighted by Gasteiger charge is 2.49. The quantitative estimate of drug-likeness (QED) is 0.259. The van der Waals surface area contributed by atoms with Crippen LogP contribution in [0.2, 0.25) is 0 Å². The Morgan fingerprint density at radius 1 is 1.00 bits per heavy atom. The molecule has 0 spiro atoms. The van der Waals surface area contributed by atoms with Crippen LogP contribution < -0.4 is 10.1 Å². The largest absolute Gasteiger partial charge is 0.491 e. The minimum Gasteiger partial charge on any atom is -0.491 e. The van der Waals surface area contributed by atoms with Crippen LogP contribution in [0.15, 0.2) is 48.5 Å². The second-order valence-electron chi connectivity index (χ2n) is 12.1. The summed E-state index contributed by atoms with van der Waals surface area (Å²) in [6.07, 6.45) is -9.83. The molecular weight excluding hydrogens is 635 g/mol. The molecule has 0 aliphatic carbocycles. The van der Waals surface area contributed by atoms with Crippen LogP contribution in [0.1, 0.15) is 36.4 Å². The Morgan fingerprint density at radius 2 is 1.66 bits per heavy atom. The van der Waals surface area contributed by atoms with Crippen LogP contribution in [-0.4, -0.2) is 88.2 Å². The van der Waals surface area contributed by atoms with Crippen LogP contribution in [0.3, 0.4) is 0 Å². The Morgan fingerprint density at radius 3 is 2.26 bits per heavy atom. The summed E-state index contributed by atoms with van der Waals surface area (Å²) in [5.41, 5.74) is 1.48. The first-order valence-corrected chi connectivity index (χ1v) is 15.1. The zero-order valence-corrected chi connectivity index (χ0v) is 26.2. The molecule has 47 heavy (non-hydrogen) atoms. The average Bonchev–Trinajstić information content (AvgIpc) is 3.38. The molecule has 1 aliphatic rings. The van der Waals surface area contributed by atoms with Crippen molar-refractivity contribution in [3.05, 3.63) is 76.9 Å². The van der Waals surface area contributed by atoms with E-state index in [9.17, 15) is 40.6 Å². The lowest BCUT2D eigenvalue weighted by atomic mass is 10.1. The monoisotopic (exact) mass is 673 g/mol. The highest BCUT2D eigenvalue weighted by molar-refractivity contribution is 5.82. The number of hydrogen-bond acceptors (Lipinski definition) is 6. The molecule has 1 fully saturated rings. The second kappa shape index (κ2) is 15.0. The van der Waals surface area contributed by atoms with Crippen molar-refractivity contribution >= 4 is 5.91 Å². The van der Waals surface area contributed by atoms with Crippen molar-refractivity contribution in [1.82, 2.24) is 24.9 Å². The standard InChI is InChI=1S/C32H38F7N5O3/c1-20(2)14-25-16-24(41-44(25)28-15-23(33)7-4-21(28)3)17-40-30(46)29(32(37,38)39)43-12-10-42(11-13-43)18-26(45)19-47-27-8-5-22(6-9-27)31(34,35)36/h4-9,15-16,20,26,29,45H,10-14,17-19H2,1-3H3,(H,40,46)/t26?,29-/m1/s1. The number of carbonyl (C=O) groups excluding carboxylic acids is 1. The van der Waals surface area contributed by atoms with Gasteiger partial charge >= 0.3 is 12.4 Å². The maximum absolute atomic E-state index is 14.2. The van der Waals surface area contributed by atoms with E-state index in [0.29, 0.717) is 17.8 Å². The van der Waals surface area contributed by atoms with Crippen LogP contribution in [0.4, 0.5) is 30.7 Å². The van der Waals surface area contributed by atoms with E-state index < -0.39 is 41.8 Å². The third-order valence-corrected chi connectivity index (χ3v) is 7.72. The highest BCUT2D eigenvalue weighted by Crippen LogP contribution is 2.30. The van der Waals surface area contributed by atoms with Crippen molar-refractivity contribution in [3.8, 4) is 11.4 Å². The van der Waals surface area contributed by atoms with Gasteiger partial charge in [-0.3, -0.25) is 14.6 Å². The van der Waals surface area contributed by atoms with Crippen LogP contribution in [0.5, 0.6) is 5.75 Å². The predicted molar refractivity (Wildman–Crippen MR) is 159 cm³/mol. The van der Waals surface area contributed by atoms with Gasteiger partial charge in [-0.2, -0.15) is 31.4 Å². The van der Waals surface area contributed by atoms with E-state index in [1.165, 1.54) is 12.1 Å². The van der Waals surface area contributed by atoms with Gasteiger partial charge in [0, 0.05) is 38.4 Å². The predicted octanol–water partition coefficient (Wildman–Crippen LogP) is 5.14. The van der Waals surface area contributed by atoms with E-state index in [0.717, 1.165) is 40.4 Å². The lowest BCUT2D eigenvalue weighted by Crippen LogP contribution is -2.60. The van der Waals surface area contributed by atoms with E-state index in [1.807, 2.05) is 13.8 Å². The van der Waals surface area contributed by atoms with Crippen molar-refractivity contribution in [2.45, 2.75) is 58.2 Å². The van der Waals surface area contributed by atoms with Crippen molar-refractivity contribution in [1.29, 1.82) is 0 Å². The lowest BCUT2D eigenvalue weighted by Gasteiger charge is -2.39. The summed E-state index contributed by atoms with van der Waals surface area (Å²) in [5.74, 6) is -1.34. The number of amides is 1. The molecule has 1 saturated heterocycles. The number of aromatic nitrogens is 2. The summed E-state index contributed by atoms with van der Waals surface area (Å²) in [4.78, 5) is 15.7. The van der Waals surface area contributed by atoms with E-state index in [-0.39, 0.29) is 57.5 Å². The number of halogens is 7. The normalized spacial score (nSPS) is 16.3. The van der Waals surface area contributed by atoms with Crippen molar-refractivity contribution < 1.29 is 45.4 Å². The minimum atomic E-state index is -4.86. The van der Waals surface area contributed by atoms with E-state index in [2.05, 4.69) is 10.4 Å². The molecule has 2 heterocycles. The van der Waals surface area contributed by atoms with E-state index in [1.54, 1.807) is 28.6 Å². The molecule has 0 saturated carbocycles. The first-order valence-electron chi connectivity index (χ1n) is 15.1. The first-order chi connectivity index (χ1) is 22.0. The fourth-order valence-electron chi connectivity index (χ4n) is 5.43. The minimum absolute atomic E-state index is 0.0590. The SMILES string of the molecule is Cc1ccc(F)cc1-n1nc(CNC(=O)[C@@H](N2CCN(CC(O)COc3ccc(C(F)(F)F)cc3)CC2)C(F)(F)F)cc1CC(C)C. The van der Waals surface area contributed by atoms with Gasteiger partial charge in [-0.25, -0.2) is 9.07 Å². The smallest absolute Gasteiger partial charge is 0.416 e. The number of carbonyl (C=O) groups is 1. The van der Waals surface area contributed by atoms with Gasteiger partial charge in [-0.15, -0.1) is 0 Å². The zero-order chi connectivity index (χ0) is 34.5. The van der Waals surface area contributed by atoms with Gasteiger partial charge in [0.1, 0.15) is 24.3 Å². The van der Waals surface area contributed by atoms with Gasteiger partial charge in [-0.1, -0.05) is 19.9 Å². The van der Waals surface area contributed by atoms with Crippen LogP contribution in [0, 0.1) is 18.7 Å². The third kappa shape index (κ3) is 9.91. The fourth-order valence-corrected chi connectivity index (χ4v) is 5.43. The van der Waals surface area contributed by atoms with Crippen molar-refractivity contribution in [2.24, 2.45) is 5.92 Å². The van der Waals surface area contributed by atoms with Gasteiger partial charge in [0.2, 0.25) is 5.91 Å². The number of piperazine rings is 1. The highest BCUT2D eigenvalue weighted by atomic mass is 19.4. The molecule has 2 aromatic carbocycles. The Kier molecular flexibility index (Phi) is 11.6. The summed E-state index contributed by atoms with van der Waals surface area (Å²) in [5, 5.41) is 17.2. The van der Waals surface area contributed by atoms with Gasteiger partial charge in [0.25, 0.3) is 0 Å². The van der Waals surface area contributed by atoms with Gasteiger partial charge in [0.15, 0.2) is 6.04 Å². The molecule has 3 aromatic rings. The maximum atomic E-state index is 14.2. The Bertz CT molecular complexity index is 1480. The number of aliphatic hydroxyl groups excluding tert-OH is 1. The maximum Gasteiger partial charge on any atom is 0.416 e. The Hall–Kier alpha value is -3.69. The number of alkyl halides is 6. The Balaban J connectivity index is 1.32. The number of benzene rings is 2. The number of nitrogens with one attached hydrogen (secondary N) is 1. The van der Waals surface area contributed by atoms with Crippen molar-refractivity contribution in [3.63, 3.8) is 0 Å². The van der Waals surface area contributed by atoms with Gasteiger partial charge in [0.05, 0.1) is 23.5 Å². The number of aliphatic hydroxyl groups is 1. The van der Waals surface area contributed by atoms with E-state index >= 15 is 0 Å². The molecule has 1 amide bonds. The third-order valence-electron chi connectivity index (χ3n) is 7.72. The molecule has 2 N–H and O–H groups in total. The summed E-state index contributed by atoms with van der Waals surface area (Å²) in [6, 6.07) is 7.55. The molecule has 1 unspecified atom stereocenters.